The zero-order valence-electron chi connectivity index (χ0n) is 14.8. The number of nitrogens with one attached hydrogen (secondary N) is 1. The molecule has 27 heavy (non-hydrogen) atoms. The summed E-state index contributed by atoms with van der Waals surface area (Å²) in [7, 11) is 0. The number of benzene rings is 2. The summed E-state index contributed by atoms with van der Waals surface area (Å²) in [6, 6.07) is 13.8. The van der Waals surface area contributed by atoms with Crippen LogP contribution in [-0.2, 0) is 13.0 Å². The van der Waals surface area contributed by atoms with Gasteiger partial charge in [-0.15, -0.1) is 0 Å². The van der Waals surface area contributed by atoms with E-state index < -0.39 is 11.6 Å². The van der Waals surface area contributed by atoms with Gasteiger partial charge in [0.05, 0.1) is 0 Å². The van der Waals surface area contributed by atoms with Crippen molar-refractivity contribution in [3.8, 4) is 5.75 Å². The predicted molar refractivity (Wildman–Crippen MR) is 101 cm³/mol. The number of hydrogen-bond donors (Lipinski definition) is 1. The molecular weight excluding hydrogens is 346 g/mol. The van der Waals surface area contributed by atoms with Gasteiger partial charge in [-0.3, -0.25) is 0 Å². The third-order valence-electron chi connectivity index (χ3n) is 4.53. The fourth-order valence-electron chi connectivity index (χ4n) is 3.03. The fraction of sp³-hybridized carbons (Fsp3) is 0.136. The van der Waals surface area contributed by atoms with E-state index in [1.165, 1.54) is 6.07 Å². The Morgan fingerprint density at radius 2 is 1.81 bits per heavy atom. The van der Waals surface area contributed by atoms with Gasteiger partial charge in [0.2, 0.25) is 0 Å². The first-order valence-corrected chi connectivity index (χ1v) is 8.67. The van der Waals surface area contributed by atoms with E-state index in [0.29, 0.717) is 0 Å². The van der Waals surface area contributed by atoms with Crippen LogP contribution in [0.25, 0.3) is 11.0 Å². The van der Waals surface area contributed by atoms with Gasteiger partial charge in [-0.1, -0.05) is 29.8 Å². The zero-order chi connectivity index (χ0) is 18.8. The van der Waals surface area contributed by atoms with Gasteiger partial charge in [-0.05, 0) is 41.8 Å². The van der Waals surface area contributed by atoms with Crippen LogP contribution < -0.4 is 4.74 Å². The van der Waals surface area contributed by atoms with Crippen molar-refractivity contribution in [3.63, 3.8) is 0 Å². The smallest absolute Gasteiger partial charge is 0.165 e. The van der Waals surface area contributed by atoms with Gasteiger partial charge in [0.15, 0.2) is 11.6 Å². The van der Waals surface area contributed by atoms with Gasteiger partial charge in [-0.25, -0.2) is 13.8 Å². The molecule has 0 aliphatic carbocycles. The topological polar surface area (TPSA) is 37.9 Å². The molecule has 0 amide bonds. The molecular formula is C22H18F2N2O. The quantitative estimate of drug-likeness (QED) is 0.520. The number of rotatable bonds is 5. The molecule has 0 aliphatic heterocycles. The highest BCUT2D eigenvalue weighted by atomic mass is 19.1. The molecule has 1 N–H and O–H groups in total. The van der Waals surface area contributed by atoms with Gasteiger partial charge in [-0.2, -0.15) is 0 Å². The molecule has 0 unspecified atom stereocenters. The molecule has 0 bridgehead atoms. The molecule has 0 aliphatic rings. The molecule has 0 radical (unpaired) electrons. The molecule has 5 heteroatoms. The van der Waals surface area contributed by atoms with Crippen molar-refractivity contribution in [1.82, 2.24) is 9.97 Å². The average molecular weight is 364 g/mol. The number of fused-ring (bicyclic) bond motifs is 1. The molecule has 0 fully saturated rings. The largest absolute Gasteiger partial charge is 0.486 e. The van der Waals surface area contributed by atoms with Crippen molar-refractivity contribution in [2.75, 3.05) is 0 Å². The number of aromatic amines is 1. The summed E-state index contributed by atoms with van der Waals surface area (Å²) >= 11 is 0. The number of pyridine rings is 1. The molecule has 0 saturated carbocycles. The van der Waals surface area contributed by atoms with Crippen LogP contribution in [0.4, 0.5) is 8.78 Å². The van der Waals surface area contributed by atoms with Crippen LogP contribution in [0, 0.1) is 18.6 Å². The highest BCUT2D eigenvalue weighted by molar-refractivity contribution is 5.79. The predicted octanol–water partition coefficient (Wildman–Crippen LogP) is 5.32. The van der Waals surface area contributed by atoms with Crippen LogP contribution in [0.15, 0.2) is 60.9 Å². The fourth-order valence-corrected chi connectivity index (χ4v) is 3.03. The van der Waals surface area contributed by atoms with Crippen LogP contribution in [0.3, 0.4) is 0 Å². The molecule has 136 valence electrons. The van der Waals surface area contributed by atoms with Crippen LogP contribution >= 0.6 is 0 Å². The molecule has 2 aromatic heterocycles. The average Bonchev–Trinajstić information content (AvgIpc) is 3.08. The normalized spacial score (nSPS) is 11.1. The van der Waals surface area contributed by atoms with Gasteiger partial charge >= 0.3 is 0 Å². The summed E-state index contributed by atoms with van der Waals surface area (Å²) in [4.78, 5) is 7.26. The van der Waals surface area contributed by atoms with Gasteiger partial charge in [0, 0.05) is 30.3 Å². The summed E-state index contributed by atoms with van der Waals surface area (Å²) in [5.74, 6) is -1.15. The minimum absolute atomic E-state index is 0.0857. The third-order valence-corrected chi connectivity index (χ3v) is 4.53. The lowest BCUT2D eigenvalue weighted by Crippen LogP contribution is -2.01. The van der Waals surface area contributed by atoms with Gasteiger partial charge in [0.1, 0.15) is 18.1 Å². The lowest BCUT2D eigenvalue weighted by molar-refractivity contribution is 0.288. The maximum atomic E-state index is 14.5. The van der Waals surface area contributed by atoms with Crippen LogP contribution in [0.1, 0.15) is 22.3 Å². The number of hydrogen-bond acceptors (Lipinski definition) is 2. The van der Waals surface area contributed by atoms with Gasteiger partial charge < -0.3 is 9.72 Å². The van der Waals surface area contributed by atoms with E-state index in [1.54, 1.807) is 12.4 Å². The first-order valence-electron chi connectivity index (χ1n) is 8.67. The summed E-state index contributed by atoms with van der Waals surface area (Å²) in [6.07, 6.45) is 3.73. The van der Waals surface area contributed by atoms with Crippen LogP contribution in [0.2, 0.25) is 0 Å². The van der Waals surface area contributed by atoms with E-state index in [9.17, 15) is 8.78 Å². The molecule has 4 aromatic rings. The minimum Gasteiger partial charge on any atom is -0.486 e. The minimum atomic E-state index is -0.573. The highest BCUT2D eigenvalue weighted by Gasteiger charge is 2.14. The molecule has 2 heterocycles. The van der Waals surface area contributed by atoms with Crippen molar-refractivity contribution >= 4 is 11.0 Å². The van der Waals surface area contributed by atoms with E-state index in [1.807, 2.05) is 43.3 Å². The lowest BCUT2D eigenvalue weighted by Gasteiger charge is -2.10. The zero-order valence-corrected chi connectivity index (χ0v) is 14.8. The number of H-pyrrole nitrogens is 1. The van der Waals surface area contributed by atoms with E-state index >= 15 is 0 Å². The highest BCUT2D eigenvalue weighted by Crippen LogP contribution is 2.26. The Labute approximate surface area is 155 Å². The monoisotopic (exact) mass is 364 g/mol. The number of ether oxygens (including phenoxy) is 1. The number of nitrogens with zero attached hydrogens (tertiary/aromatic N) is 1. The number of aromatic nitrogens is 2. The Bertz CT molecular complexity index is 1090. The number of halogens is 2. The Morgan fingerprint density at radius 1 is 1.00 bits per heavy atom. The Hall–Kier alpha value is -3.21. The maximum Gasteiger partial charge on any atom is 0.165 e. The van der Waals surface area contributed by atoms with Crippen LogP contribution in [-0.4, -0.2) is 9.97 Å². The summed E-state index contributed by atoms with van der Waals surface area (Å²) < 4.78 is 34.4. The van der Waals surface area contributed by atoms with Crippen molar-refractivity contribution in [2.24, 2.45) is 0 Å². The van der Waals surface area contributed by atoms with Crippen molar-refractivity contribution in [2.45, 2.75) is 20.0 Å². The van der Waals surface area contributed by atoms with Crippen molar-refractivity contribution in [1.29, 1.82) is 0 Å². The van der Waals surface area contributed by atoms with E-state index in [-0.39, 0.29) is 24.3 Å². The van der Waals surface area contributed by atoms with Crippen molar-refractivity contribution in [3.05, 3.63) is 94.8 Å². The van der Waals surface area contributed by atoms with Crippen LogP contribution in [0.5, 0.6) is 5.75 Å². The van der Waals surface area contributed by atoms with Crippen molar-refractivity contribution < 1.29 is 13.5 Å². The molecule has 3 nitrogen and oxygen atoms in total. The molecule has 0 spiro atoms. The summed E-state index contributed by atoms with van der Waals surface area (Å²) in [5.41, 5.74) is 3.90. The Kier molecular flexibility index (Phi) is 4.59. The molecule has 0 saturated heterocycles. The summed E-state index contributed by atoms with van der Waals surface area (Å²) in [6.45, 7) is 2.17. The molecule has 2 aromatic carbocycles. The number of aryl methyl sites for hydroxylation is 1. The van der Waals surface area contributed by atoms with E-state index in [4.69, 9.17) is 4.74 Å². The second-order valence-corrected chi connectivity index (χ2v) is 6.54. The molecule has 0 atom stereocenters. The van der Waals surface area contributed by atoms with E-state index in [2.05, 4.69) is 9.97 Å². The second-order valence-electron chi connectivity index (χ2n) is 6.54. The summed E-state index contributed by atoms with van der Waals surface area (Å²) in [5, 5.41) is 0.900. The Morgan fingerprint density at radius 3 is 2.63 bits per heavy atom. The maximum absolute atomic E-state index is 14.5. The van der Waals surface area contributed by atoms with Gasteiger partial charge in [0.25, 0.3) is 0 Å². The first kappa shape index (κ1) is 17.2. The second kappa shape index (κ2) is 7.19. The van der Waals surface area contributed by atoms with E-state index in [0.717, 1.165) is 33.8 Å². The lowest BCUT2D eigenvalue weighted by atomic mass is 10.0. The third kappa shape index (κ3) is 3.67. The Balaban J connectivity index is 1.53. The first-order chi connectivity index (χ1) is 13.1. The standard InChI is InChI=1S/C22H18F2N2O/c1-14-4-6-15(7-5-14)13-27-21-11-19(23)16(10-20(21)24)9-17-12-26-22-18(17)3-2-8-25-22/h2-8,10-12H,9,13H2,1H3,(H,25,26). The molecule has 4 rings (SSSR count). The SMILES string of the molecule is Cc1ccc(COc2cc(F)c(Cc3c[nH]c4ncccc34)cc2F)cc1.